The summed E-state index contributed by atoms with van der Waals surface area (Å²) in [6, 6.07) is 1.24. The monoisotopic (exact) mass is 384 g/mol. The van der Waals surface area contributed by atoms with Crippen LogP contribution in [0, 0.1) is 29.2 Å². The van der Waals surface area contributed by atoms with Gasteiger partial charge in [-0.05, 0) is 13.0 Å². The van der Waals surface area contributed by atoms with E-state index < -0.39 is 62.9 Å². The Hall–Kier alpha value is -3.30. The molecule has 0 aliphatic heterocycles. The molecule has 0 saturated carbocycles. The third-order valence-electron chi connectivity index (χ3n) is 3.64. The van der Waals surface area contributed by atoms with Gasteiger partial charge < -0.3 is 4.74 Å². The lowest BCUT2D eigenvalue weighted by Crippen LogP contribution is -2.21. The van der Waals surface area contributed by atoms with Crippen LogP contribution in [0.2, 0.25) is 0 Å². The van der Waals surface area contributed by atoms with Gasteiger partial charge in [0.1, 0.15) is 5.56 Å². The van der Waals surface area contributed by atoms with E-state index >= 15 is 0 Å². The van der Waals surface area contributed by atoms with Gasteiger partial charge in [-0.2, -0.15) is 9.37 Å². The van der Waals surface area contributed by atoms with E-state index in [0.29, 0.717) is 16.7 Å². The van der Waals surface area contributed by atoms with E-state index in [2.05, 4.69) is 4.98 Å². The fraction of sp³-hybridized carbons (Fsp3) is 0.118. The van der Waals surface area contributed by atoms with Crippen molar-refractivity contribution in [2.45, 2.75) is 6.92 Å². The van der Waals surface area contributed by atoms with E-state index in [0.717, 1.165) is 6.20 Å². The van der Waals surface area contributed by atoms with Crippen molar-refractivity contribution in [3.05, 3.63) is 69.4 Å². The van der Waals surface area contributed by atoms with Crippen LogP contribution in [0.1, 0.15) is 17.3 Å². The molecular weight excluding hydrogens is 375 g/mol. The fourth-order valence-electron chi connectivity index (χ4n) is 2.45. The van der Waals surface area contributed by atoms with E-state index in [1.165, 1.54) is 6.92 Å². The van der Waals surface area contributed by atoms with Crippen LogP contribution in [-0.4, -0.2) is 22.1 Å². The molecule has 0 radical (unpaired) electrons. The minimum absolute atomic E-state index is 0.105. The Bertz CT molecular complexity index is 1140. The Labute approximate surface area is 147 Å². The van der Waals surface area contributed by atoms with Crippen molar-refractivity contribution in [3.8, 4) is 5.82 Å². The van der Waals surface area contributed by atoms with Gasteiger partial charge in [-0.3, -0.25) is 9.36 Å². The maximum absolute atomic E-state index is 14.2. The van der Waals surface area contributed by atoms with Crippen molar-refractivity contribution in [2.24, 2.45) is 0 Å². The largest absolute Gasteiger partial charge is 0.462 e. The van der Waals surface area contributed by atoms with E-state index in [4.69, 9.17) is 4.74 Å². The average Bonchev–Trinajstić information content (AvgIpc) is 2.61. The molecule has 10 heteroatoms. The third-order valence-corrected chi connectivity index (χ3v) is 3.64. The highest BCUT2D eigenvalue weighted by atomic mass is 19.2. The molecule has 0 saturated heterocycles. The summed E-state index contributed by atoms with van der Waals surface area (Å²) >= 11 is 0. The number of carbonyl (C=O) groups is 1. The number of hydrogen-bond acceptors (Lipinski definition) is 4. The van der Waals surface area contributed by atoms with Crippen LogP contribution in [0.4, 0.5) is 22.0 Å². The summed E-state index contributed by atoms with van der Waals surface area (Å²) in [4.78, 5) is 27.5. The zero-order chi connectivity index (χ0) is 19.9. The van der Waals surface area contributed by atoms with Gasteiger partial charge in [-0.25, -0.2) is 22.4 Å². The first kappa shape index (κ1) is 18.5. The summed E-state index contributed by atoms with van der Waals surface area (Å²) in [7, 11) is 0. The summed E-state index contributed by atoms with van der Waals surface area (Å²) in [5, 5.41) is -0.509. The van der Waals surface area contributed by atoms with Crippen molar-refractivity contribution in [3.63, 3.8) is 0 Å². The number of aromatic nitrogens is 2. The molecule has 27 heavy (non-hydrogen) atoms. The molecule has 0 aliphatic rings. The van der Waals surface area contributed by atoms with Crippen molar-refractivity contribution < 1.29 is 31.5 Å². The first-order valence-electron chi connectivity index (χ1n) is 7.48. The summed E-state index contributed by atoms with van der Waals surface area (Å²) < 4.78 is 73.4. The first-order chi connectivity index (χ1) is 12.7. The quantitative estimate of drug-likeness (QED) is 0.395. The van der Waals surface area contributed by atoms with Gasteiger partial charge in [0.05, 0.1) is 17.5 Å². The number of benzene rings is 1. The van der Waals surface area contributed by atoms with E-state index in [9.17, 15) is 31.5 Å². The van der Waals surface area contributed by atoms with Crippen LogP contribution >= 0.6 is 0 Å². The molecule has 1 aromatic carbocycles. The van der Waals surface area contributed by atoms with Crippen molar-refractivity contribution in [1.82, 2.24) is 9.55 Å². The van der Waals surface area contributed by atoms with Gasteiger partial charge in [0, 0.05) is 18.3 Å². The Balaban J connectivity index is 2.46. The molecule has 140 valence electrons. The van der Waals surface area contributed by atoms with Crippen molar-refractivity contribution in [2.75, 3.05) is 6.61 Å². The summed E-state index contributed by atoms with van der Waals surface area (Å²) in [5.74, 6) is -9.38. The second kappa shape index (κ2) is 6.78. The van der Waals surface area contributed by atoms with Crippen LogP contribution in [0.15, 0.2) is 29.2 Å². The summed E-state index contributed by atoms with van der Waals surface area (Å²) in [6.07, 6.45) is 0.739. The van der Waals surface area contributed by atoms with E-state index in [1.807, 2.05) is 0 Å². The van der Waals surface area contributed by atoms with Gasteiger partial charge in [-0.15, -0.1) is 0 Å². The highest BCUT2D eigenvalue weighted by Gasteiger charge is 2.22. The number of esters is 1. The number of fused-ring (bicyclic) bond motifs is 1. The molecule has 0 fully saturated rings. The van der Waals surface area contributed by atoms with Crippen LogP contribution in [0.5, 0.6) is 0 Å². The number of halogens is 5. The SMILES string of the molecule is CCOC(=O)c1cn(-c2nc(F)c(F)cc2F)c2cc(F)c(F)cc2c1=O. The average molecular weight is 384 g/mol. The Kier molecular flexibility index (Phi) is 4.64. The van der Waals surface area contributed by atoms with Crippen LogP contribution in [0.3, 0.4) is 0 Å². The second-order valence-electron chi connectivity index (χ2n) is 5.31. The minimum atomic E-state index is -1.67. The number of pyridine rings is 2. The molecule has 5 nitrogen and oxygen atoms in total. The number of nitrogens with zero attached hydrogens (tertiary/aromatic N) is 2. The highest BCUT2D eigenvalue weighted by Crippen LogP contribution is 2.22. The minimum Gasteiger partial charge on any atom is -0.462 e. The topological polar surface area (TPSA) is 61.2 Å². The van der Waals surface area contributed by atoms with Crippen molar-refractivity contribution >= 4 is 16.9 Å². The molecule has 0 N–H and O–H groups in total. The summed E-state index contributed by atoms with van der Waals surface area (Å²) in [6.45, 7) is 1.36. The molecule has 3 aromatic rings. The number of carbonyl (C=O) groups excluding carboxylic acids is 1. The number of hydrogen-bond donors (Lipinski definition) is 0. The smallest absolute Gasteiger partial charge is 0.343 e. The Morgan fingerprint density at radius 1 is 1.04 bits per heavy atom. The molecule has 0 amide bonds. The van der Waals surface area contributed by atoms with Crippen LogP contribution < -0.4 is 5.43 Å². The molecule has 0 bridgehead atoms. The Morgan fingerprint density at radius 2 is 1.70 bits per heavy atom. The zero-order valence-corrected chi connectivity index (χ0v) is 13.5. The molecule has 0 aliphatic carbocycles. The number of rotatable bonds is 3. The van der Waals surface area contributed by atoms with Gasteiger partial charge in [0.15, 0.2) is 29.1 Å². The standard InChI is InChI=1S/C17H9F5N2O3/c1-2-27-17(26)8-6-24(16-12(21)4-11(20)15(22)23-16)13-5-10(19)9(18)3-7(13)14(8)25/h3-6H,2H2,1H3. The highest BCUT2D eigenvalue weighted by molar-refractivity contribution is 5.94. The fourth-order valence-corrected chi connectivity index (χ4v) is 2.45. The van der Waals surface area contributed by atoms with Gasteiger partial charge in [-0.1, -0.05) is 0 Å². The lowest BCUT2D eigenvalue weighted by molar-refractivity contribution is 0.0524. The molecule has 2 heterocycles. The molecule has 2 aromatic heterocycles. The summed E-state index contributed by atoms with van der Waals surface area (Å²) in [5.41, 5.74) is -2.08. The third kappa shape index (κ3) is 3.14. The lowest BCUT2D eigenvalue weighted by atomic mass is 10.1. The molecule has 0 unspecified atom stereocenters. The van der Waals surface area contributed by atoms with E-state index in [1.54, 1.807) is 0 Å². The molecular formula is C17H9F5N2O3. The molecule has 0 spiro atoms. The maximum atomic E-state index is 14.2. The van der Waals surface area contributed by atoms with Crippen molar-refractivity contribution in [1.29, 1.82) is 0 Å². The van der Waals surface area contributed by atoms with Gasteiger partial charge in [0.25, 0.3) is 5.95 Å². The predicted molar refractivity (Wildman–Crippen MR) is 83.1 cm³/mol. The molecule has 3 rings (SSSR count). The van der Waals surface area contributed by atoms with Gasteiger partial charge in [0.2, 0.25) is 5.43 Å². The van der Waals surface area contributed by atoms with Gasteiger partial charge >= 0.3 is 5.97 Å². The zero-order valence-electron chi connectivity index (χ0n) is 13.5. The number of ether oxygens (including phenoxy) is 1. The van der Waals surface area contributed by atoms with Crippen LogP contribution in [-0.2, 0) is 4.74 Å². The van der Waals surface area contributed by atoms with Crippen LogP contribution in [0.25, 0.3) is 16.7 Å². The molecule has 0 atom stereocenters. The second-order valence-corrected chi connectivity index (χ2v) is 5.31. The normalized spacial score (nSPS) is 11.0. The maximum Gasteiger partial charge on any atom is 0.343 e. The predicted octanol–water partition coefficient (Wildman–Crippen LogP) is 3.26. The lowest BCUT2D eigenvalue weighted by Gasteiger charge is -2.13. The first-order valence-corrected chi connectivity index (χ1v) is 7.48. The Morgan fingerprint density at radius 3 is 2.37 bits per heavy atom. The van der Waals surface area contributed by atoms with E-state index in [-0.39, 0.29) is 12.7 Å².